The number of hydrogen-bond donors (Lipinski definition) is 2. The molecule has 0 radical (unpaired) electrons. The van der Waals surface area contributed by atoms with Gasteiger partial charge in [0.15, 0.2) is 11.5 Å². The molecule has 2 aliphatic heterocycles. The molecule has 49 heavy (non-hydrogen) atoms. The normalized spacial score (nSPS) is 24.1. The summed E-state index contributed by atoms with van der Waals surface area (Å²) >= 11 is 0. The number of carboxylic acid groups (broad SMARTS) is 1. The summed E-state index contributed by atoms with van der Waals surface area (Å²) in [7, 11) is 9.10. The molecule has 6 atom stereocenters. The summed E-state index contributed by atoms with van der Waals surface area (Å²) < 4.78 is 39.1. The lowest BCUT2D eigenvalue weighted by atomic mass is 9.63. The van der Waals surface area contributed by atoms with E-state index in [0.717, 1.165) is 43.3 Å². The number of methoxy groups -OCH3 is 6. The summed E-state index contributed by atoms with van der Waals surface area (Å²) in [6.07, 6.45) is 1.75. The molecule has 1 aromatic heterocycles. The second kappa shape index (κ2) is 15.2. The molecular formula is C36H44N2O11. The fourth-order valence-electron chi connectivity index (χ4n) is 7.76. The Morgan fingerprint density at radius 3 is 2.22 bits per heavy atom. The quantitative estimate of drug-likeness (QED) is 0.243. The van der Waals surface area contributed by atoms with E-state index in [1.165, 1.54) is 45.1 Å². The van der Waals surface area contributed by atoms with Gasteiger partial charge in [0.05, 0.1) is 53.1 Å². The summed E-state index contributed by atoms with van der Waals surface area (Å²) in [6, 6.07) is 9.40. The lowest BCUT2D eigenvalue weighted by molar-refractivity contribution is -0.176. The fourth-order valence-corrected chi connectivity index (χ4v) is 7.76. The largest absolute Gasteiger partial charge is 0.497 e. The first-order valence-corrected chi connectivity index (χ1v) is 16.0. The molecule has 2 fully saturated rings. The Balaban J connectivity index is 0.000000874. The van der Waals surface area contributed by atoms with Crippen LogP contribution in [0.1, 0.15) is 40.5 Å². The van der Waals surface area contributed by atoms with E-state index in [0.29, 0.717) is 23.7 Å². The van der Waals surface area contributed by atoms with Crippen molar-refractivity contribution >= 4 is 28.8 Å². The van der Waals surface area contributed by atoms with Crippen molar-refractivity contribution in [2.24, 2.45) is 17.8 Å². The summed E-state index contributed by atoms with van der Waals surface area (Å²) in [5.74, 6) is -0.541. The van der Waals surface area contributed by atoms with Crippen LogP contribution in [-0.2, 0) is 30.2 Å². The minimum Gasteiger partial charge on any atom is -0.497 e. The Bertz CT molecular complexity index is 1680. The molecule has 13 nitrogen and oxygen atoms in total. The molecule has 3 heterocycles. The van der Waals surface area contributed by atoms with E-state index >= 15 is 0 Å². The maximum absolute atomic E-state index is 13.5. The molecule has 0 bridgehead atoms. The van der Waals surface area contributed by atoms with Crippen molar-refractivity contribution in [1.29, 1.82) is 0 Å². The highest BCUT2D eigenvalue weighted by Crippen LogP contribution is 2.51. The summed E-state index contributed by atoms with van der Waals surface area (Å²) in [4.78, 5) is 42.4. The van der Waals surface area contributed by atoms with Crippen LogP contribution in [0, 0.1) is 17.8 Å². The summed E-state index contributed by atoms with van der Waals surface area (Å²) in [5.41, 5.74) is 3.83. The molecule has 1 saturated heterocycles. The van der Waals surface area contributed by atoms with Crippen LogP contribution in [0.2, 0.25) is 0 Å². The third kappa shape index (κ3) is 6.90. The first-order chi connectivity index (χ1) is 23.6. The van der Waals surface area contributed by atoms with Gasteiger partial charge >= 0.3 is 17.9 Å². The molecule has 13 heteroatoms. The number of fused-ring (bicyclic) bond motifs is 6. The van der Waals surface area contributed by atoms with Gasteiger partial charge in [-0.1, -0.05) is 6.58 Å². The van der Waals surface area contributed by atoms with Crippen LogP contribution in [0.4, 0.5) is 0 Å². The standard InChI is InChI=1S/C33H40N2O9.C3H4O2/c1-38-19-7-8-20-21-9-10-35-16-18-13-27(44-32(36)17-11-25(39-2)30(41-4)26(12-17)40-3)31(42-5)28(33(37)43-6)22(18)15-24(35)29(21)34-23(20)14-19;1-2-3(4)5/h7-8,11-12,14,18,22,24,27-28,31,34H,9-10,13,15-16H2,1-6H3;2H,1H2,(H,4,5)/t18-,22+,24-,27-,28+,31+;/m1./s1. The number of aromatic nitrogens is 1. The molecule has 0 amide bonds. The lowest BCUT2D eigenvalue weighted by Crippen LogP contribution is -2.58. The van der Waals surface area contributed by atoms with Gasteiger partial charge in [-0.05, 0) is 60.9 Å². The van der Waals surface area contributed by atoms with Crippen molar-refractivity contribution in [2.45, 2.75) is 37.5 Å². The predicted molar refractivity (Wildman–Crippen MR) is 179 cm³/mol. The average molecular weight is 681 g/mol. The molecule has 6 rings (SSSR count). The number of carbonyl (C=O) groups excluding carboxylic acids is 2. The van der Waals surface area contributed by atoms with E-state index in [4.69, 9.17) is 38.3 Å². The van der Waals surface area contributed by atoms with Crippen molar-refractivity contribution in [2.75, 3.05) is 55.7 Å². The zero-order valence-corrected chi connectivity index (χ0v) is 28.6. The van der Waals surface area contributed by atoms with Crippen LogP contribution in [-0.4, -0.2) is 101 Å². The average Bonchev–Trinajstić information content (AvgIpc) is 3.50. The highest BCUT2D eigenvalue weighted by atomic mass is 16.6. The topological polar surface area (TPSA) is 155 Å². The highest BCUT2D eigenvalue weighted by Gasteiger charge is 2.54. The second-order valence-corrected chi connectivity index (χ2v) is 12.2. The first kappa shape index (κ1) is 35.6. The first-order valence-electron chi connectivity index (χ1n) is 16.0. The van der Waals surface area contributed by atoms with E-state index in [1.807, 2.05) is 12.1 Å². The van der Waals surface area contributed by atoms with Gasteiger partial charge in [0.2, 0.25) is 5.75 Å². The molecule has 2 N–H and O–H groups in total. The van der Waals surface area contributed by atoms with Crippen molar-refractivity contribution in [3.05, 3.63) is 59.8 Å². The number of carbonyl (C=O) groups is 3. The number of carboxylic acids is 1. The molecule has 1 saturated carbocycles. The molecule has 1 aliphatic carbocycles. The van der Waals surface area contributed by atoms with Crippen molar-refractivity contribution in [3.8, 4) is 23.0 Å². The molecular weight excluding hydrogens is 636 g/mol. The van der Waals surface area contributed by atoms with Crippen molar-refractivity contribution < 1.29 is 52.6 Å². The lowest BCUT2D eigenvalue weighted by Gasteiger charge is -2.52. The van der Waals surface area contributed by atoms with E-state index in [1.54, 1.807) is 26.4 Å². The third-order valence-corrected chi connectivity index (χ3v) is 9.93. The number of nitrogens with zero attached hydrogens (tertiary/aromatic N) is 1. The van der Waals surface area contributed by atoms with Crippen LogP contribution in [0.5, 0.6) is 23.0 Å². The number of piperidine rings is 1. The van der Waals surface area contributed by atoms with Gasteiger partial charge in [-0.2, -0.15) is 0 Å². The Hall–Kier alpha value is -4.75. The SMILES string of the molecule is C=CC(=O)O.COC(=O)[C@H]1[C@H]2C[C@@H]3c4[nH]c5cc(OC)ccc5c4CCN3C[C@H]2C[C@@H](OC(=O)c2cc(OC)c(OC)c(OC)c2)[C@@H]1OC. The molecule has 0 unspecified atom stereocenters. The molecule has 264 valence electrons. The number of hydrogen-bond acceptors (Lipinski definition) is 11. The zero-order valence-electron chi connectivity index (χ0n) is 28.6. The van der Waals surface area contributed by atoms with E-state index in [-0.39, 0.29) is 29.4 Å². The van der Waals surface area contributed by atoms with Crippen molar-refractivity contribution in [3.63, 3.8) is 0 Å². The number of aliphatic carboxylic acids is 1. The number of rotatable bonds is 9. The van der Waals surface area contributed by atoms with E-state index < -0.39 is 30.1 Å². The van der Waals surface area contributed by atoms with Crippen LogP contribution in [0.3, 0.4) is 0 Å². The predicted octanol–water partition coefficient (Wildman–Crippen LogP) is 4.43. The van der Waals surface area contributed by atoms with Gasteiger partial charge in [0.1, 0.15) is 18.0 Å². The van der Waals surface area contributed by atoms with Gasteiger partial charge in [0.25, 0.3) is 0 Å². The maximum atomic E-state index is 13.5. The van der Waals surface area contributed by atoms with Crippen LogP contribution >= 0.6 is 0 Å². The Labute approximate surface area is 285 Å². The minimum absolute atomic E-state index is 0.0170. The fraction of sp³-hybridized carbons (Fsp3) is 0.472. The summed E-state index contributed by atoms with van der Waals surface area (Å²) in [6.45, 7) is 4.64. The third-order valence-electron chi connectivity index (χ3n) is 9.93. The van der Waals surface area contributed by atoms with Crippen molar-refractivity contribution in [1.82, 2.24) is 9.88 Å². The minimum atomic E-state index is -0.981. The molecule has 3 aromatic rings. The van der Waals surface area contributed by atoms with E-state index in [9.17, 15) is 14.4 Å². The van der Waals surface area contributed by atoms with E-state index in [2.05, 4.69) is 22.5 Å². The number of nitrogens with one attached hydrogen (secondary N) is 1. The van der Waals surface area contributed by atoms with Gasteiger partial charge in [-0.25, -0.2) is 9.59 Å². The molecule has 2 aromatic carbocycles. The number of aromatic amines is 1. The zero-order chi connectivity index (χ0) is 35.4. The Kier molecular flexibility index (Phi) is 11.0. The second-order valence-electron chi connectivity index (χ2n) is 12.2. The smallest absolute Gasteiger partial charge is 0.338 e. The number of esters is 2. The van der Waals surface area contributed by atoms with Gasteiger partial charge in [0, 0.05) is 48.9 Å². The molecule has 3 aliphatic rings. The van der Waals surface area contributed by atoms with Crippen LogP contribution < -0.4 is 18.9 Å². The highest BCUT2D eigenvalue weighted by molar-refractivity contribution is 5.91. The van der Waals surface area contributed by atoms with Gasteiger partial charge in [-0.15, -0.1) is 0 Å². The monoisotopic (exact) mass is 680 g/mol. The van der Waals surface area contributed by atoms with Gasteiger partial charge < -0.3 is 43.2 Å². The Morgan fingerprint density at radius 2 is 1.65 bits per heavy atom. The van der Waals surface area contributed by atoms with Gasteiger partial charge in [-0.3, -0.25) is 9.69 Å². The Morgan fingerprint density at radius 1 is 0.959 bits per heavy atom. The summed E-state index contributed by atoms with van der Waals surface area (Å²) in [5, 5.41) is 8.82. The number of ether oxygens (including phenoxy) is 7. The number of benzene rings is 2. The maximum Gasteiger partial charge on any atom is 0.338 e. The van der Waals surface area contributed by atoms with Crippen LogP contribution in [0.25, 0.3) is 10.9 Å². The van der Waals surface area contributed by atoms with Crippen LogP contribution in [0.15, 0.2) is 43.0 Å². The molecule has 0 spiro atoms. The number of H-pyrrole nitrogens is 1.